The largest absolute Gasteiger partial charge is 0.757 e. The second-order valence-electron chi connectivity index (χ2n) is 18.4. The molecule has 11 nitrogen and oxygen atoms in total. The van der Waals surface area contributed by atoms with Gasteiger partial charge in [-0.05, 0) is 137 Å². The molecule has 0 rings (SSSR count). The molecule has 0 saturated heterocycles. The van der Waals surface area contributed by atoms with Crippen LogP contribution in [0.2, 0.25) is 137 Å². The van der Waals surface area contributed by atoms with Crippen LogP contribution in [0.1, 0.15) is 0 Å². The first-order valence-electron chi connectivity index (χ1n) is 16.0. The van der Waals surface area contributed by atoms with Crippen LogP contribution < -0.4 is 4.89 Å². The predicted octanol–water partition coefficient (Wildman–Crippen LogP) is 7.40. The van der Waals surface area contributed by atoms with Gasteiger partial charge in [0.1, 0.15) is 12.2 Å². The smallest absolute Gasteiger partial charge is 0.323 e. The van der Waals surface area contributed by atoms with Gasteiger partial charge in [-0.25, -0.2) is 0 Å². The van der Waals surface area contributed by atoms with Gasteiger partial charge < -0.3 is 40.6 Å². The number of carbonyl (C=O) groups excluding carboxylic acids is 1. The topological polar surface area (TPSA) is 142 Å². The molecule has 0 fully saturated rings. The fraction of sp³-hybridized carbons (Fsp3) is 0.963. The number of hydrogen-bond acceptors (Lipinski definition) is 11. The van der Waals surface area contributed by atoms with Crippen molar-refractivity contribution in [1.29, 1.82) is 0 Å². The fourth-order valence-corrected chi connectivity index (χ4v) is 14.7. The van der Waals surface area contributed by atoms with E-state index >= 15 is 0 Å². The third-order valence-electron chi connectivity index (χ3n) is 4.54. The Kier molecular flexibility index (Phi) is 19.1. The molecular formula is C27H70O11PSi7-. The Hall–Kier alpha value is 0.898. The Morgan fingerprint density at radius 3 is 1.13 bits per heavy atom. The molecule has 4 atom stereocenters. The summed E-state index contributed by atoms with van der Waals surface area (Å²) in [6.07, 6.45) is -2.98. The van der Waals surface area contributed by atoms with Crippen molar-refractivity contribution in [1.82, 2.24) is 0 Å². The monoisotopic (exact) mass is 797 g/mol. The van der Waals surface area contributed by atoms with E-state index < -0.39 is 96.4 Å². The lowest BCUT2D eigenvalue weighted by molar-refractivity contribution is -0.210. The van der Waals surface area contributed by atoms with Crippen LogP contribution in [0.5, 0.6) is 0 Å². The minimum atomic E-state index is -4.06. The molecule has 19 heteroatoms. The molecule has 0 amide bonds. The molecule has 0 aliphatic rings. The van der Waals surface area contributed by atoms with E-state index in [4.69, 9.17) is 30.6 Å². The number of carbonyl (C=O) groups is 1. The molecule has 0 spiro atoms. The molecule has 46 heavy (non-hydrogen) atoms. The molecule has 0 radical (unpaired) electrons. The van der Waals surface area contributed by atoms with Crippen molar-refractivity contribution in [2.75, 3.05) is 6.61 Å². The molecule has 0 bridgehead atoms. The zero-order valence-electron chi connectivity index (χ0n) is 33.0. The Balaban J connectivity index is 0. The molecule has 0 saturated carbocycles. The highest BCUT2D eigenvalue weighted by atomic mass is 31.2. The molecule has 1 N–H and O–H groups in total. The lowest BCUT2D eigenvalue weighted by atomic mass is 10.0. The van der Waals surface area contributed by atoms with E-state index in [1.54, 1.807) is 0 Å². The Morgan fingerprint density at radius 2 is 0.870 bits per heavy atom. The van der Waals surface area contributed by atoms with Crippen molar-refractivity contribution in [2.24, 2.45) is 0 Å². The van der Waals surface area contributed by atoms with Crippen LogP contribution in [0.25, 0.3) is 0 Å². The maximum Gasteiger partial charge on any atom is 0.323 e. The van der Waals surface area contributed by atoms with Gasteiger partial charge in [0.15, 0.2) is 56.0 Å². The summed E-state index contributed by atoms with van der Waals surface area (Å²) in [5.74, 6) is -0.409. The van der Waals surface area contributed by atoms with E-state index in [1.165, 1.54) is 0 Å². The van der Waals surface area contributed by atoms with Gasteiger partial charge in [0.05, 0.1) is 12.7 Å². The maximum absolute atomic E-state index is 13.5. The van der Waals surface area contributed by atoms with Crippen molar-refractivity contribution in [3.63, 3.8) is 0 Å². The highest BCUT2D eigenvalue weighted by Crippen LogP contribution is 2.44. The lowest BCUT2D eigenvalue weighted by Gasteiger charge is -2.44. The molecule has 0 aliphatic carbocycles. The zero-order chi connectivity index (χ0) is 37.5. The molecule has 0 aliphatic heterocycles. The van der Waals surface area contributed by atoms with E-state index in [0.29, 0.717) is 0 Å². The number of aliphatic hydroxyl groups excluding tert-OH is 1. The number of phosphoric acid groups is 1. The van der Waals surface area contributed by atoms with Crippen LogP contribution in [0.15, 0.2) is 0 Å². The number of aliphatic hydroxyl groups is 1. The van der Waals surface area contributed by atoms with E-state index in [-0.39, 0.29) is 6.61 Å². The highest BCUT2D eigenvalue weighted by molar-refractivity contribution is 7.49. The van der Waals surface area contributed by atoms with Crippen LogP contribution in [-0.4, -0.2) is 100 Å². The molecule has 0 unspecified atom stereocenters. The first kappa shape index (κ1) is 49.0. The standard InChI is InChI=1S/C21H52O7Si5.C6H19O4PSi2/c1-29(2,3)24-17(16-22)18(25-30(4,5)6)19(26-31(7,8)9)20(27-32(10,11)12)21(23)28-33(13,14)15;1-12(2,3)9-11(7,8)10-13(4,5)6/h17-20,22H,16H2,1-15H3;1-6H3,(H,7,8)/p-1/t17-,18-,19+,20-;/m1./s1. The SMILES string of the molecule is C[Si](C)(C)OC(=O)[C@H](O[Si](C)(C)C)[C@@H](O[Si](C)(C)C)[C@H](O[Si](C)(C)C)[C@@H](CO)O[Si](C)(C)C.C[Si](C)(C)OP(=O)([O-])O[Si](C)(C)C. The summed E-state index contributed by atoms with van der Waals surface area (Å²) in [4.78, 5) is 24.9. The molecule has 278 valence electrons. The van der Waals surface area contributed by atoms with Gasteiger partial charge in [-0.3, -0.25) is 9.36 Å². The van der Waals surface area contributed by atoms with Crippen LogP contribution in [0, 0.1) is 0 Å². The minimum absolute atomic E-state index is 0.228. The summed E-state index contributed by atoms with van der Waals surface area (Å²) in [5.41, 5.74) is 0. The van der Waals surface area contributed by atoms with Crippen LogP contribution in [-0.2, 0) is 39.9 Å². The Labute approximate surface area is 289 Å². The summed E-state index contributed by atoms with van der Waals surface area (Å²) >= 11 is 0. The predicted molar refractivity (Wildman–Crippen MR) is 206 cm³/mol. The summed E-state index contributed by atoms with van der Waals surface area (Å²) in [6, 6.07) is 0. The van der Waals surface area contributed by atoms with E-state index in [9.17, 15) is 19.4 Å². The average Bonchev–Trinajstić information content (AvgIpc) is 2.65. The molecule has 0 aromatic carbocycles. The van der Waals surface area contributed by atoms with Gasteiger partial charge in [-0.15, -0.1) is 0 Å². The van der Waals surface area contributed by atoms with Crippen LogP contribution in [0.4, 0.5) is 0 Å². The molecule has 0 aromatic heterocycles. The number of rotatable bonds is 18. The van der Waals surface area contributed by atoms with Gasteiger partial charge in [0.2, 0.25) is 16.1 Å². The quantitative estimate of drug-likeness (QED) is 0.110. The van der Waals surface area contributed by atoms with Crippen molar-refractivity contribution in [3.8, 4) is 0 Å². The molecule has 0 heterocycles. The third kappa shape index (κ3) is 27.7. The Morgan fingerprint density at radius 1 is 0.543 bits per heavy atom. The van der Waals surface area contributed by atoms with Gasteiger partial charge in [-0.1, -0.05) is 0 Å². The molecular weight excluding hydrogens is 728 g/mol. The normalized spacial score (nSPS) is 17.0. The summed E-state index contributed by atoms with van der Waals surface area (Å²) in [7, 11) is -18.9. The van der Waals surface area contributed by atoms with E-state index in [2.05, 4.69) is 58.9 Å². The lowest BCUT2D eigenvalue weighted by Crippen LogP contribution is -2.61. The van der Waals surface area contributed by atoms with Crippen molar-refractivity contribution >= 4 is 72.0 Å². The van der Waals surface area contributed by atoms with Crippen LogP contribution in [0.3, 0.4) is 0 Å². The summed E-state index contributed by atoms with van der Waals surface area (Å²) < 4.78 is 53.3. The van der Waals surface area contributed by atoms with Crippen molar-refractivity contribution in [2.45, 2.75) is 162 Å². The van der Waals surface area contributed by atoms with Gasteiger partial charge >= 0.3 is 5.97 Å². The zero-order valence-corrected chi connectivity index (χ0v) is 40.9. The van der Waals surface area contributed by atoms with E-state index in [0.717, 1.165) is 0 Å². The summed E-state index contributed by atoms with van der Waals surface area (Å²) in [6.45, 7) is 41.4. The first-order valence-corrected chi connectivity index (χ1v) is 41.3. The van der Waals surface area contributed by atoms with E-state index in [1.807, 2.05) is 78.6 Å². The third-order valence-corrected chi connectivity index (χ3v) is 15.5. The van der Waals surface area contributed by atoms with Gasteiger partial charge in [-0.2, -0.15) is 0 Å². The fourth-order valence-electron chi connectivity index (χ4n) is 3.81. The number of hydrogen-bond donors (Lipinski definition) is 1. The van der Waals surface area contributed by atoms with Crippen molar-refractivity contribution in [3.05, 3.63) is 0 Å². The molecule has 0 aromatic rings. The maximum atomic E-state index is 13.5. The Bertz CT molecular complexity index is 952. The minimum Gasteiger partial charge on any atom is -0.757 e. The average molecular weight is 798 g/mol. The van der Waals surface area contributed by atoms with Gasteiger partial charge in [0.25, 0.3) is 0 Å². The van der Waals surface area contributed by atoms with Crippen molar-refractivity contribution < 1.29 is 49.9 Å². The second kappa shape index (κ2) is 17.9. The highest BCUT2D eigenvalue weighted by Gasteiger charge is 2.48. The van der Waals surface area contributed by atoms with Gasteiger partial charge in [0, 0.05) is 0 Å². The second-order valence-corrected chi connectivity index (χ2v) is 51.5. The van der Waals surface area contributed by atoms with Crippen LogP contribution >= 0.6 is 7.82 Å². The summed E-state index contributed by atoms with van der Waals surface area (Å²) in [5, 5.41) is 10.4. The first-order chi connectivity index (χ1) is 19.7.